The maximum atomic E-state index is 4.49. The lowest BCUT2D eigenvalue weighted by atomic mass is 10.00. The fourth-order valence-corrected chi connectivity index (χ4v) is 3.16. The van der Waals surface area contributed by atoms with E-state index in [2.05, 4.69) is 80.0 Å². The number of hydrogen-bond donors (Lipinski definition) is 1. The standard InChI is InChI=1S/C15H16BrIN2/c1-10-4-3-7-19-14(10)9-15(18-2)12-8-11(16)5-6-13(12)17/h3-8,15,18H,9H2,1-2H3. The highest BCUT2D eigenvalue weighted by Crippen LogP contribution is 2.26. The van der Waals surface area contributed by atoms with E-state index in [-0.39, 0.29) is 6.04 Å². The third-order valence-electron chi connectivity index (χ3n) is 3.20. The number of rotatable bonds is 4. The van der Waals surface area contributed by atoms with E-state index in [1.807, 2.05) is 19.3 Å². The van der Waals surface area contributed by atoms with E-state index >= 15 is 0 Å². The minimum Gasteiger partial charge on any atom is -0.313 e. The molecule has 1 N–H and O–H groups in total. The third kappa shape index (κ3) is 3.77. The second kappa shape index (κ2) is 6.81. The number of benzene rings is 1. The van der Waals surface area contributed by atoms with Crippen molar-refractivity contribution >= 4 is 38.5 Å². The largest absolute Gasteiger partial charge is 0.313 e. The summed E-state index contributed by atoms with van der Waals surface area (Å²) < 4.78 is 2.38. The van der Waals surface area contributed by atoms with Gasteiger partial charge in [-0.3, -0.25) is 4.98 Å². The quantitative estimate of drug-likeness (QED) is 0.733. The van der Waals surface area contributed by atoms with E-state index < -0.39 is 0 Å². The fourth-order valence-electron chi connectivity index (χ4n) is 2.07. The zero-order valence-electron chi connectivity index (χ0n) is 11.0. The Labute approximate surface area is 136 Å². The van der Waals surface area contributed by atoms with Crippen LogP contribution in [0.3, 0.4) is 0 Å². The predicted octanol–water partition coefficient (Wildman–Crippen LogP) is 4.26. The Morgan fingerprint density at radius 3 is 2.84 bits per heavy atom. The van der Waals surface area contributed by atoms with Crippen molar-refractivity contribution in [1.29, 1.82) is 0 Å². The van der Waals surface area contributed by atoms with Crippen molar-refractivity contribution in [1.82, 2.24) is 10.3 Å². The van der Waals surface area contributed by atoms with Crippen LogP contribution in [0.4, 0.5) is 0 Å². The summed E-state index contributed by atoms with van der Waals surface area (Å²) in [5.41, 5.74) is 3.70. The Hall–Kier alpha value is -0.460. The van der Waals surface area contributed by atoms with E-state index in [0.29, 0.717) is 0 Å². The molecule has 0 saturated heterocycles. The molecule has 0 spiro atoms. The zero-order valence-corrected chi connectivity index (χ0v) is 14.7. The van der Waals surface area contributed by atoms with Gasteiger partial charge in [0.15, 0.2) is 0 Å². The lowest BCUT2D eigenvalue weighted by Gasteiger charge is -2.19. The summed E-state index contributed by atoms with van der Waals surface area (Å²) in [4.78, 5) is 4.49. The minimum atomic E-state index is 0.276. The SMILES string of the molecule is CNC(Cc1ncccc1C)c1cc(Br)ccc1I. The first-order chi connectivity index (χ1) is 9.11. The highest BCUT2D eigenvalue weighted by atomic mass is 127. The van der Waals surface area contributed by atoms with Crippen LogP contribution in [0.5, 0.6) is 0 Å². The molecule has 1 atom stereocenters. The molecule has 1 aromatic carbocycles. The number of nitrogens with one attached hydrogen (secondary N) is 1. The minimum absolute atomic E-state index is 0.276. The Bertz CT molecular complexity index is 572. The zero-order chi connectivity index (χ0) is 13.8. The molecule has 0 amide bonds. The molecule has 0 aliphatic rings. The van der Waals surface area contributed by atoms with Gasteiger partial charge in [0.25, 0.3) is 0 Å². The highest BCUT2D eigenvalue weighted by molar-refractivity contribution is 14.1. The summed E-state index contributed by atoms with van der Waals surface area (Å²) in [6.45, 7) is 2.11. The highest BCUT2D eigenvalue weighted by Gasteiger charge is 2.15. The van der Waals surface area contributed by atoms with Crippen molar-refractivity contribution in [3.63, 3.8) is 0 Å². The molecule has 0 aliphatic carbocycles. The average Bonchev–Trinajstić information content (AvgIpc) is 2.41. The Morgan fingerprint density at radius 1 is 1.37 bits per heavy atom. The normalized spacial score (nSPS) is 12.4. The Kier molecular flexibility index (Phi) is 5.36. The monoisotopic (exact) mass is 430 g/mol. The number of nitrogens with zero attached hydrogens (tertiary/aromatic N) is 1. The number of hydrogen-bond acceptors (Lipinski definition) is 2. The van der Waals surface area contributed by atoms with Crippen LogP contribution in [0.15, 0.2) is 41.0 Å². The molecule has 0 bridgehead atoms. The van der Waals surface area contributed by atoms with Gasteiger partial charge in [0.2, 0.25) is 0 Å². The van der Waals surface area contributed by atoms with Gasteiger partial charge in [-0.15, -0.1) is 0 Å². The fraction of sp³-hybridized carbons (Fsp3) is 0.267. The van der Waals surface area contributed by atoms with E-state index in [4.69, 9.17) is 0 Å². The van der Waals surface area contributed by atoms with Crippen molar-refractivity contribution in [2.24, 2.45) is 0 Å². The van der Waals surface area contributed by atoms with Gasteiger partial charge in [0, 0.05) is 32.4 Å². The molecule has 4 heteroatoms. The average molecular weight is 431 g/mol. The lowest BCUT2D eigenvalue weighted by Crippen LogP contribution is -2.20. The van der Waals surface area contributed by atoms with Crippen molar-refractivity contribution in [2.75, 3.05) is 7.05 Å². The van der Waals surface area contributed by atoms with Crippen LogP contribution in [-0.2, 0) is 6.42 Å². The predicted molar refractivity (Wildman–Crippen MR) is 91.3 cm³/mol. The van der Waals surface area contributed by atoms with Gasteiger partial charge in [0.05, 0.1) is 0 Å². The van der Waals surface area contributed by atoms with Crippen molar-refractivity contribution < 1.29 is 0 Å². The van der Waals surface area contributed by atoms with Gasteiger partial charge in [0.1, 0.15) is 0 Å². The first-order valence-corrected chi connectivity index (χ1v) is 8.01. The molecule has 1 unspecified atom stereocenters. The van der Waals surface area contributed by atoms with Crippen molar-refractivity contribution in [2.45, 2.75) is 19.4 Å². The molecule has 2 aromatic rings. The second-order valence-electron chi connectivity index (χ2n) is 4.48. The van der Waals surface area contributed by atoms with Gasteiger partial charge >= 0.3 is 0 Å². The molecule has 0 saturated carbocycles. The van der Waals surface area contributed by atoms with Crippen LogP contribution in [0.1, 0.15) is 22.9 Å². The molecule has 0 radical (unpaired) electrons. The molecule has 0 aliphatic heterocycles. The van der Waals surface area contributed by atoms with E-state index in [0.717, 1.165) is 16.6 Å². The smallest absolute Gasteiger partial charge is 0.0451 e. The van der Waals surface area contributed by atoms with Gasteiger partial charge in [-0.2, -0.15) is 0 Å². The summed E-state index contributed by atoms with van der Waals surface area (Å²) in [6, 6.07) is 10.8. The van der Waals surface area contributed by atoms with Crippen LogP contribution in [0.25, 0.3) is 0 Å². The van der Waals surface area contributed by atoms with Crippen molar-refractivity contribution in [3.05, 3.63) is 61.4 Å². The molecule has 2 nitrogen and oxygen atoms in total. The summed E-state index contributed by atoms with van der Waals surface area (Å²) in [5, 5.41) is 3.40. The molecule has 1 aromatic heterocycles. The summed E-state index contributed by atoms with van der Waals surface area (Å²) in [5.74, 6) is 0. The molecular weight excluding hydrogens is 415 g/mol. The molecule has 100 valence electrons. The number of pyridine rings is 1. The summed E-state index contributed by atoms with van der Waals surface area (Å²) >= 11 is 5.93. The van der Waals surface area contributed by atoms with Crippen molar-refractivity contribution in [3.8, 4) is 0 Å². The number of likely N-dealkylation sites (N-methyl/N-ethyl adjacent to an activating group) is 1. The third-order valence-corrected chi connectivity index (χ3v) is 4.67. The Morgan fingerprint density at radius 2 is 2.16 bits per heavy atom. The first-order valence-electron chi connectivity index (χ1n) is 6.14. The second-order valence-corrected chi connectivity index (χ2v) is 6.56. The van der Waals surface area contributed by atoms with E-state index in [1.165, 1.54) is 14.7 Å². The first kappa shape index (κ1) is 14.9. The topological polar surface area (TPSA) is 24.9 Å². The van der Waals surface area contributed by atoms with Crippen LogP contribution < -0.4 is 5.32 Å². The summed E-state index contributed by atoms with van der Waals surface area (Å²) in [7, 11) is 2.00. The van der Waals surface area contributed by atoms with Gasteiger partial charge in [-0.25, -0.2) is 0 Å². The number of halogens is 2. The van der Waals surface area contributed by atoms with Crippen LogP contribution in [0.2, 0.25) is 0 Å². The van der Waals surface area contributed by atoms with Crippen LogP contribution >= 0.6 is 38.5 Å². The van der Waals surface area contributed by atoms with E-state index in [9.17, 15) is 0 Å². The Balaban J connectivity index is 2.30. The molecule has 0 fully saturated rings. The maximum absolute atomic E-state index is 4.49. The molecule has 1 heterocycles. The molecular formula is C15H16BrIN2. The van der Waals surface area contributed by atoms with Crippen LogP contribution in [-0.4, -0.2) is 12.0 Å². The lowest BCUT2D eigenvalue weighted by molar-refractivity contribution is 0.580. The molecule has 2 rings (SSSR count). The van der Waals surface area contributed by atoms with Gasteiger partial charge in [-0.05, 0) is 72.0 Å². The summed E-state index contributed by atoms with van der Waals surface area (Å²) in [6.07, 6.45) is 2.76. The van der Waals surface area contributed by atoms with Crippen LogP contribution in [0, 0.1) is 10.5 Å². The molecule has 19 heavy (non-hydrogen) atoms. The maximum Gasteiger partial charge on any atom is 0.0451 e. The van der Waals surface area contributed by atoms with Gasteiger partial charge in [-0.1, -0.05) is 22.0 Å². The number of aryl methyl sites for hydroxylation is 1. The van der Waals surface area contributed by atoms with E-state index in [1.54, 1.807) is 0 Å². The number of aromatic nitrogens is 1. The van der Waals surface area contributed by atoms with Gasteiger partial charge < -0.3 is 5.32 Å².